The molecule has 2 aliphatic rings. The van der Waals surface area contributed by atoms with Crippen LogP contribution in [0.15, 0.2) is 46.3 Å². The van der Waals surface area contributed by atoms with Gasteiger partial charge in [0.2, 0.25) is 0 Å². The number of morpholine rings is 1. The van der Waals surface area contributed by atoms with Crippen molar-refractivity contribution in [2.24, 2.45) is 4.99 Å². The number of fused-ring (bicyclic) bond motifs is 1. The summed E-state index contributed by atoms with van der Waals surface area (Å²) in [5.41, 5.74) is 0.382. The maximum Gasteiger partial charge on any atom is 0.416 e. The van der Waals surface area contributed by atoms with E-state index in [0.717, 1.165) is 6.07 Å². The van der Waals surface area contributed by atoms with Gasteiger partial charge in [0.15, 0.2) is 10.3 Å². The number of hydrogen-bond acceptors (Lipinski definition) is 6. The number of aliphatic imine (C=N–C) groups is 1. The van der Waals surface area contributed by atoms with Crippen molar-refractivity contribution < 1.29 is 27.8 Å². The number of halogens is 5. The Balaban J connectivity index is 1.39. The van der Waals surface area contributed by atoms with Crippen molar-refractivity contribution in [2.45, 2.75) is 18.8 Å². The van der Waals surface area contributed by atoms with Crippen molar-refractivity contribution in [2.75, 3.05) is 26.3 Å². The van der Waals surface area contributed by atoms with Crippen LogP contribution in [0.1, 0.15) is 16.7 Å². The first-order chi connectivity index (χ1) is 17.6. The topological polar surface area (TPSA) is 80.0 Å². The SMILES string of the molecule is O=C1N=C(N2CCOC(CO)C2)S/C1=C\c1ccc2c(c1)c(Cl)nn2Cc1ccc(Cl)cc1C(F)(F)F. The molecule has 0 radical (unpaired) electrons. The molecule has 1 amide bonds. The highest BCUT2D eigenvalue weighted by atomic mass is 35.5. The molecule has 3 heterocycles. The maximum absolute atomic E-state index is 13.5. The van der Waals surface area contributed by atoms with Gasteiger partial charge in [0.1, 0.15) is 0 Å². The summed E-state index contributed by atoms with van der Waals surface area (Å²) in [5.74, 6) is -0.378. The van der Waals surface area contributed by atoms with Gasteiger partial charge in [-0.25, -0.2) is 0 Å². The number of amides is 1. The second-order valence-electron chi connectivity index (χ2n) is 8.46. The summed E-state index contributed by atoms with van der Waals surface area (Å²) in [6, 6.07) is 8.77. The van der Waals surface area contributed by atoms with Crippen molar-refractivity contribution in [3.63, 3.8) is 0 Å². The molecule has 2 aliphatic heterocycles. The Hall–Kier alpha value is -2.57. The zero-order chi connectivity index (χ0) is 26.3. The first-order valence-electron chi connectivity index (χ1n) is 11.1. The van der Waals surface area contributed by atoms with Gasteiger partial charge in [-0.15, -0.1) is 0 Å². The molecule has 0 saturated carbocycles. The standard InChI is InChI=1S/C24H19Cl2F3N4O3S/c25-15-3-2-14(18(9-15)24(27,28)29)10-33-19-4-1-13(7-17(19)21(26)31-33)8-20-22(35)30-23(37-20)32-5-6-36-16(11-32)12-34/h1-4,7-9,16,34H,5-6,10-12H2/b20-8-. The largest absolute Gasteiger partial charge is 0.416 e. The molecule has 1 aromatic heterocycles. The third-order valence-electron chi connectivity index (χ3n) is 5.95. The van der Waals surface area contributed by atoms with Crippen LogP contribution < -0.4 is 0 Å². The van der Waals surface area contributed by atoms with Crippen molar-refractivity contribution in [3.8, 4) is 0 Å². The summed E-state index contributed by atoms with van der Waals surface area (Å²) in [6.07, 6.45) is -3.22. The number of nitrogens with zero attached hydrogens (tertiary/aromatic N) is 4. The summed E-state index contributed by atoms with van der Waals surface area (Å²) in [6.45, 7) is 1.16. The molecule has 37 heavy (non-hydrogen) atoms. The molecule has 0 spiro atoms. The fraction of sp³-hybridized carbons (Fsp3) is 0.292. The average Bonchev–Trinajstić information content (AvgIpc) is 3.38. The number of amidine groups is 1. The monoisotopic (exact) mass is 570 g/mol. The van der Waals surface area contributed by atoms with E-state index in [4.69, 9.17) is 27.9 Å². The normalized spacial score (nSPS) is 19.8. The van der Waals surface area contributed by atoms with Crippen LogP contribution in [0.25, 0.3) is 17.0 Å². The van der Waals surface area contributed by atoms with Crippen LogP contribution in [0, 0.1) is 0 Å². The summed E-state index contributed by atoms with van der Waals surface area (Å²) >= 11 is 13.4. The van der Waals surface area contributed by atoms with Crippen LogP contribution in [-0.2, 0) is 22.3 Å². The van der Waals surface area contributed by atoms with Gasteiger partial charge in [0, 0.05) is 23.5 Å². The predicted octanol–water partition coefficient (Wildman–Crippen LogP) is 5.07. The van der Waals surface area contributed by atoms with Gasteiger partial charge in [0.25, 0.3) is 5.91 Å². The number of aliphatic hydroxyl groups excluding tert-OH is 1. The quantitative estimate of drug-likeness (QED) is 0.441. The smallest absolute Gasteiger partial charge is 0.394 e. The first kappa shape index (κ1) is 26.1. The van der Waals surface area contributed by atoms with E-state index in [1.807, 2.05) is 4.90 Å². The first-order valence-corrected chi connectivity index (χ1v) is 12.7. The minimum Gasteiger partial charge on any atom is -0.394 e. The van der Waals surface area contributed by atoms with Crippen LogP contribution in [0.3, 0.4) is 0 Å². The lowest BCUT2D eigenvalue weighted by Gasteiger charge is -2.32. The van der Waals surface area contributed by atoms with E-state index in [-0.39, 0.29) is 40.9 Å². The zero-order valence-corrected chi connectivity index (χ0v) is 21.3. The number of aliphatic hydroxyl groups is 1. The molecule has 13 heteroatoms. The number of carbonyl (C=O) groups is 1. The van der Waals surface area contributed by atoms with Crippen molar-refractivity contribution in [3.05, 3.63) is 68.2 Å². The van der Waals surface area contributed by atoms with E-state index < -0.39 is 11.7 Å². The molecule has 194 valence electrons. The number of benzene rings is 2. The Morgan fingerprint density at radius 1 is 1.22 bits per heavy atom. The molecule has 2 aromatic carbocycles. The lowest BCUT2D eigenvalue weighted by molar-refractivity contribution is -0.138. The lowest BCUT2D eigenvalue weighted by Crippen LogP contribution is -2.45. The Bertz CT molecular complexity index is 1440. The third kappa shape index (κ3) is 5.51. The van der Waals surface area contributed by atoms with Gasteiger partial charge in [-0.2, -0.15) is 23.3 Å². The minimum absolute atomic E-state index is 0.00772. The van der Waals surface area contributed by atoms with Crippen molar-refractivity contribution in [1.29, 1.82) is 0 Å². The molecule has 7 nitrogen and oxygen atoms in total. The molecular formula is C24H19Cl2F3N4O3S. The molecular weight excluding hydrogens is 552 g/mol. The number of alkyl halides is 3. The maximum atomic E-state index is 13.5. The van der Waals surface area contributed by atoms with Crippen molar-refractivity contribution >= 4 is 63.0 Å². The number of rotatable bonds is 4. The Kier molecular flexibility index (Phi) is 7.25. The molecule has 5 rings (SSSR count). The number of ether oxygens (including phenoxy) is 1. The van der Waals surface area contributed by atoms with Crippen LogP contribution in [-0.4, -0.2) is 63.3 Å². The molecule has 1 N–H and O–H groups in total. The van der Waals surface area contributed by atoms with E-state index in [1.54, 1.807) is 24.3 Å². The van der Waals surface area contributed by atoms with Gasteiger partial charge in [-0.1, -0.05) is 35.3 Å². The van der Waals surface area contributed by atoms with Gasteiger partial charge in [-0.3, -0.25) is 9.48 Å². The molecule has 3 aromatic rings. The number of thioether (sulfide) groups is 1. The molecule has 0 bridgehead atoms. The summed E-state index contributed by atoms with van der Waals surface area (Å²) in [4.78, 5) is 19.0. The summed E-state index contributed by atoms with van der Waals surface area (Å²) in [7, 11) is 0. The van der Waals surface area contributed by atoms with E-state index in [2.05, 4.69) is 10.1 Å². The van der Waals surface area contributed by atoms with Crippen LogP contribution in [0.5, 0.6) is 0 Å². The predicted molar refractivity (Wildman–Crippen MR) is 137 cm³/mol. The number of hydrogen-bond donors (Lipinski definition) is 1. The lowest BCUT2D eigenvalue weighted by atomic mass is 10.1. The number of carbonyl (C=O) groups excluding carboxylic acids is 1. The fourth-order valence-corrected chi connectivity index (χ4v) is 5.53. The van der Waals surface area contributed by atoms with Crippen LogP contribution >= 0.6 is 35.0 Å². The Labute approximate surface area is 223 Å². The minimum atomic E-state index is -4.57. The van der Waals surface area contributed by atoms with E-state index in [0.29, 0.717) is 46.2 Å². The van der Waals surface area contributed by atoms with Gasteiger partial charge < -0.3 is 14.7 Å². The molecule has 1 atom stereocenters. The molecule has 1 saturated heterocycles. The highest BCUT2D eigenvalue weighted by molar-refractivity contribution is 8.18. The Morgan fingerprint density at radius 2 is 2.03 bits per heavy atom. The van der Waals surface area contributed by atoms with Crippen LogP contribution in [0.2, 0.25) is 10.2 Å². The number of aromatic nitrogens is 2. The fourth-order valence-electron chi connectivity index (χ4n) is 4.17. The highest BCUT2D eigenvalue weighted by Gasteiger charge is 2.34. The average molecular weight is 571 g/mol. The van der Waals surface area contributed by atoms with Gasteiger partial charge in [0.05, 0.1) is 41.8 Å². The molecule has 1 fully saturated rings. The molecule has 1 unspecified atom stereocenters. The highest BCUT2D eigenvalue weighted by Crippen LogP contribution is 2.36. The Morgan fingerprint density at radius 3 is 2.78 bits per heavy atom. The van der Waals surface area contributed by atoms with E-state index in [9.17, 15) is 23.1 Å². The van der Waals surface area contributed by atoms with E-state index >= 15 is 0 Å². The summed E-state index contributed by atoms with van der Waals surface area (Å²) < 4.78 is 47.4. The van der Waals surface area contributed by atoms with E-state index in [1.165, 1.54) is 28.6 Å². The van der Waals surface area contributed by atoms with Crippen molar-refractivity contribution in [1.82, 2.24) is 14.7 Å². The second kappa shape index (κ2) is 10.3. The summed E-state index contributed by atoms with van der Waals surface area (Å²) in [5, 5.41) is 14.8. The third-order valence-corrected chi connectivity index (χ3v) is 7.51. The molecule has 0 aliphatic carbocycles. The second-order valence-corrected chi connectivity index (χ2v) is 10.3. The van der Waals surface area contributed by atoms with Crippen LogP contribution in [0.4, 0.5) is 13.2 Å². The van der Waals surface area contributed by atoms with Gasteiger partial charge >= 0.3 is 6.18 Å². The van der Waals surface area contributed by atoms with Gasteiger partial charge in [-0.05, 0) is 53.2 Å². The zero-order valence-electron chi connectivity index (χ0n) is 19.0.